The minimum absolute atomic E-state index is 0. The molecule has 1 radical (unpaired) electrons. The molecule has 0 atom stereocenters. The predicted octanol–water partition coefficient (Wildman–Crippen LogP) is 7.85. The van der Waals surface area contributed by atoms with Crippen LogP contribution in [0.3, 0.4) is 0 Å². The molecular weight excluding hydrogens is 437 g/mol. The fourth-order valence-corrected chi connectivity index (χ4v) is 1.26. The fourth-order valence-electron chi connectivity index (χ4n) is 1.26. The van der Waals surface area contributed by atoms with Crippen LogP contribution >= 0.6 is 0 Å². The first-order chi connectivity index (χ1) is 13.1. The molecule has 0 bridgehead atoms. The zero-order valence-electron chi connectivity index (χ0n) is 22.4. The largest absolute Gasteiger partial charge is 0.324 e. The van der Waals surface area contributed by atoms with Gasteiger partial charge in [0.25, 0.3) is 0 Å². The molecule has 0 rings (SSSR count). The molecule has 0 saturated carbocycles. The first kappa shape index (κ1) is 36.5. The second-order valence-corrected chi connectivity index (χ2v) is 9.32. The Balaban J connectivity index is -0.000000174. The molecule has 0 aromatic heterocycles. The van der Waals surface area contributed by atoms with E-state index in [1.165, 1.54) is 11.8 Å². The van der Waals surface area contributed by atoms with Crippen molar-refractivity contribution < 1.29 is 32.7 Å². The van der Waals surface area contributed by atoms with Gasteiger partial charge < -0.3 is 11.8 Å². The Bertz CT molecular complexity index is 560. The van der Waals surface area contributed by atoms with Crippen LogP contribution in [-0.4, -0.2) is 0 Å². The summed E-state index contributed by atoms with van der Waals surface area (Å²) in [6, 6.07) is 0. The molecule has 0 aliphatic carbocycles. The molecule has 0 aromatic carbocycles. The third kappa shape index (κ3) is 41.5. The Morgan fingerprint density at radius 2 is 0.733 bits per heavy atom. The van der Waals surface area contributed by atoms with Gasteiger partial charge in [0.05, 0.1) is 5.41 Å². The molecule has 0 fully saturated rings. The summed E-state index contributed by atoms with van der Waals surface area (Å²) >= 11 is 0. The van der Waals surface area contributed by atoms with Crippen LogP contribution < -0.4 is 0 Å². The molecule has 0 aliphatic rings. The van der Waals surface area contributed by atoms with Crippen LogP contribution in [0.1, 0.15) is 96.9 Å². The van der Waals surface area contributed by atoms with E-state index >= 15 is 0 Å². The van der Waals surface area contributed by atoms with Crippen LogP contribution in [0.15, 0.2) is 0 Å². The van der Waals surface area contributed by atoms with E-state index in [0.29, 0.717) is 23.7 Å². The van der Waals surface area contributed by atoms with E-state index in [9.17, 15) is 0 Å². The van der Waals surface area contributed by atoms with Gasteiger partial charge in [-0.15, -0.1) is 27.7 Å². The van der Waals surface area contributed by atoms with Crippen LogP contribution in [0.4, 0.5) is 0 Å². The monoisotopic (exact) mass is 483 g/mol. The molecule has 1 heteroatoms. The maximum Gasteiger partial charge on any atom is 0.0862 e. The van der Waals surface area contributed by atoms with Crippen molar-refractivity contribution in [3.63, 3.8) is 0 Å². The third-order valence-corrected chi connectivity index (χ3v) is 2.57. The van der Waals surface area contributed by atoms with E-state index < -0.39 is 0 Å². The molecule has 0 nitrogen and oxygen atoms in total. The van der Waals surface area contributed by atoms with Crippen molar-refractivity contribution in [2.24, 2.45) is 29.1 Å². The second-order valence-electron chi connectivity index (χ2n) is 9.32. The van der Waals surface area contributed by atoms with Crippen molar-refractivity contribution in [2.45, 2.75) is 96.9 Å². The van der Waals surface area contributed by atoms with Gasteiger partial charge in [0.15, 0.2) is 0 Å². The van der Waals surface area contributed by atoms with Gasteiger partial charge in [0.1, 0.15) is 0 Å². The third-order valence-electron chi connectivity index (χ3n) is 2.57. The van der Waals surface area contributed by atoms with Gasteiger partial charge in [-0.25, -0.2) is 0 Å². The number of hydrogen-bond acceptors (Lipinski definition) is 0. The Labute approximate surface area is 216 Å². The zero-order valence-corrected chi connectivity index (χ0v) is 25.2. The number of hydrogen-bond donors (Lipinski definition) is 0. The minimum Gasteiger partial charge on any atom is -0.324 e. The van der Waals surface area contributed by atoms with E-state index in [0.717, 1.165) is 0 Å². The summed E-state index contributed by atoms with van der Waals surface area (Å²) < 4.78 is 0. The summed E-state index contributed by atoms with van der Waals surface area (Å²) in [5, 5.41) is 0. The number of rotatable bonds is 0. The molecule has 167 valence electrons. The van der Waals surface area contributed by atoms with Gasteiger partial charge >= 0.3 is 0 Å². The van der Waals surface area contributed by atoms with Crippen molar-refractivity contribution in [3.8, 4) is 47.4 Å². The Morgan fingerprint density at radius 3 is 0.867 bits per heavy atom. The summed E-state index contributed by atoms with van der Waals surface area (Å²) in [6.07, 6.45) is 0. The van der Waals surface area contributed by atoms with Crippen molar-refractivity contribution in [1.29, 1.82) is 0 Å². The van der Waals surface area contributed by atoms with E-state index in [4.69, 9.17) is 0 Å². The topological polar surface area (TPSA) is 0 Å². The van der Waals surface area contributed by atoms with Crippen LogP contribution in [-0.2, 0) is 32.7 Å². The summed E-state index contributed by atoms with van der Waals surface area (Å²) in [7, 11) is 0. The molecule has 0 aliphatic heterocycles. The van der Waals surface area contributed by atoms with Crippen LogP contribution in [0.2, 0.25) is 0 Å². The van der Waals surface area contributed by atoms with Crippen LogP contribution in [0.5, 0.6) is 0 Å². The van der Waals surface area contributed by atoms with Crippen LogP contribution in [0.25, 0.3) is 0 Å². The van der Waals surface area contributed by atoms with Crippen molar-refractivity contribution >= 4 is 0 Å². The second kappa shape index (κ2) is 21.3. The van der Waals surface area contributed by atoms with Gasteiger partial charge in [-0.1, -0.05) is 90.9 Å². The van der Waals surface area contributed by atoms with Gasteiger partial charge in [-0.2, -0.15) is 11.8 Å². The summed E-state index contributed by atoms with van der Waals surface area (Å²) in [6.45, 7) is 29.0. The van der Waals surface area contributed by atoms with E-state index in [2.05, 4.69) is 117 Å². The normalized spacial score (nSPS) is 8.87. The molecule has 30 heavy (non-hydrogen) atoms. The standard InChI is InChI=1S/C13H20.2C8H13.Y/c1-11(2)7-9-13(5,6)10-8-12(3)4;2*1-7(2)5-6-8(3)4;/h11-12H,1-6H3;2*7H,1-4H3;/q;2*-1;. The van der Waals surface area contributed by atoms with Crippen molar-refractivity contribution in [2.75, 3.05) is 0 Å². The van der Waals surface area contributed by atoms with Crippen molar-refractivity contribution in [3.05, 3.63) is 11.8 Å². The molecule has 0 unspecified atom stereocenters. The molecule has 0 N–H and O–H groups in total. The SMILES string of the molecule is CC(C)C#CC(C)(C)C#CC(C)C.C[C-](C)C#CC(C)C.C[C-](C)C#CC(C)C.[Y]. The van der Waals surface area contributed by atoms with E-state index in [1.54, 1.807) is 0 Å². The Morgan fingerprint density at radius 1 is 0.500 bits per heavy atom. The Hall–Kier alpha value is -0.916. The van der Waals surface area contributed by atoms with E-state index in [1.807, 2.05) is 27.7 Å². The van der Waals surface area contributed by atoms with Gasteiger partial charge in [-0.05, 0) is 13.8 Å². The Kier molecular flexibility index (Phi) is 25.9. The first-order valence-corrected chi connectivity index (χ1v) is 10.8. The molecule has 0 amide bonds. The zero-order chi connectivity index (χ0) is 23.6. The molecule has 0 heterocycles. The molecule has 0 aromatic rings. The molecular formula is C29H46Y-2. The summed E-state index contributed by atoms with van der Waals surface area (Å²) in [5.74, 6) is 29.1. The first-order valence-electron chi connectivity index (χ1n) is 10.8. The van der Waals surface area contributed by atoms with Crippen LogP contribution in [0, 0.1) is 88.3 Å². The van der Waals surface area contributed by atoms with Gasteiger partial charge in [0.2, 0.25) is 0 Å². The molecule has 0 saturated heterocycles. The van der Waals surface area contributed by atoms with Gasteiger partial charge in [-0.3, -0.25) is 11.8 Å². The predicted molar refractivity (Wildman–Crippen MR) is 133 cm³/mol. The minimum atomic E-state index is -0.158. The average molecular weight is 484 g/mol. The van der Waals surface area contributed by atoms with Gasteiger partial charge in [0, 0.05) is 44.5 Å². The summed E-state index contributed by atoms with van der Waals surface area (Å²) in [5.41, 5.74) is -0.158. The fraction of sp³-hybridized carbons (Fsp3) is 0.655. The quantitative estimate of drug-likeness (QED) is 0.243. The summed E-state index contributed by atoms with van der Waals surface area (Å²) in [4.78, 5) is 0. The van der Waals surface area contributed by atoms with E-state index in [-0.39, 0.29) is 38.1 Å². The average Bonchev–Trinajstić information content (AvgIpc) is 2.56. The maximum absolute atomic E-state index is 3.19. The van der Waals surface area contributed by atoms with Crippen molar-refractivity contribution in [1.82, 2.24) is 0 Å². The molecule has 0 spiro atoms. The smallest absolute Gasteiger partial charge is 0.0862 e. The maximum atomic E-state index is 3.19.